The molecule has 1 aromatic heterocycles. The fourth-order valence-electron chi connectivity index (χ4n) is 6.57. The quantitative estimate of drug-likeness (QED) is 0.0251. The highest BCUT2D eigenvalue weighted by Gasteiger charge is 2.28. The van der Waals surface area contributed by atoms with Crippen molar-refractivity contribution in [2.45, 2.75) is 51.1 Å². The Bertz CT molecular complexity index is 2120. The molecular formula is C42H54ClN9O14S. The van der Waals surface area contributed by atoms with Crippen LogP contribution in [0.4, 0.5) is 16.3 Å². The topological polar surface area (TPSA) is 332 Å². The van der Waals surface area contributed by atoms with Crippen LogP contribution >= 0.6 is 23.7 Å². The van der Waals surface area contributed by atoms with Crippen LogP contribution in [0.3, 0.4) is 0 Å². The molecule has 2 atom stereocenters. The Balaban J connectivity index is 1.66. The van der Waals surface area contributed by atoms with Crippen LogP contribution in [-0.4, -0.2) is 163 Å². The summed E-state index contributed by atoms with van der Waals surface area (Å²) >= 11 is 7.13. The fraction of sp³-hybridized carbons (Fsp3) is 0.405. The van der Waals surface area contributed by atoms with E-state index in [1.54, 1.807) is 54.7 Å². The molecule has 0 aliphatic carbocycles. The highest BCUT2D eigenvalue weighted by atomic mass is 35.5. The minimum atomic E-state index is -1.32. The molecule has 25 heteroatoms. The summed E-state index contributed by atoms with van der Waals surface area (Å²) in [5.74, 6) is -7.52. The third-order valence-corrected chi connectivity index (χ3v) is 10.8. The lowest BCUT2D eigenvalue weighted by Crippen LogP contribution is -2.51. The van der Waals surface area contributed by atoms with Crippen LogP contribution in [0.1, 0.15) is 48.4 Å². The molecule has 67 heavy (non-hydrogen) atoms. The van der Waals surface area contributed by atoms with Gasteiger partial charge in [0.2, 0.25) is 5.91 Å². The predicted molar refractivity (Wildman–Crippen MR) is 244 cm³/mol. The molecule has 364 valence electrons. The number of amides is 3. The summed E-state index contributed by atoms with van der Waals surface area (Å²) in [7, 11) is 0. The highest BCUT2D eigenvalue weighted by molar-refractivity contribution is 8.01. The molecule has 3 rings (SSSR count). The van der Waals surface area contributed by atoms with Crippen molar-refractivity contribution in [1.29, 1.82) is 0 Å². The Morgan fingerprint density at radius 1 is 0.687 bits per heavy atom. The summed E-state index contributed by atoms with van der Waals surface area (Å²) in [5, 5.41) is 59.7. The largest absolute Gasteiger partial charge is 0.481 e. The molecule has 10 N–H and O–H groups in total. The average Bonchev–Trinajstić information content (AvgIpc) is 3.23. The maximum Gasteiger partial charge on any atom is 0.333 e. The third kappa shape index (κ3) is 22.3. The number of urea groups is 1. The zero-order valence-corrected chi connectivity index (χ0v) is 37.9. The molecule has 0 saturated carbocycles. The van der Waals surface area contributed by atoms with Crippen molar-refractivity contribution in [2.75, 3.05) is 67.9 Å². The van der Waals surface area contributed by atoms with Gasteiger partial charge in [-0.1, -0.05) is 35.9 Å². The molecule has 23 nitrogen and oxygen atoms in total. The van der Waals surface area contributed by atoms with E-state index in [1.807, 2.05) is 23.4 Å². The predicted octanol–water partition coefficient (Wildman–Crippen LogP) is 2.48. The number of aliphatic carboxylic acids is 6. The molecule has 1 heterocycles. The van der Waals surface area contributed by atoms with E-state index < -0.39 is 99.0 Å². The standard InChI is InChI=1S/C42H54ClN9O14S/c1-27-13-14-44-34(18-27)52(15-3-2-4-35(53)46-47-42(66)45-33(20-36(54)55)29-7-9-30(43)10-8-29)67-48-31-11-5-28(6-12-31)19-32(51(25-40(62)63)26-41(64)65)21-49(22-37(56)57)16-17-50(23-38(58)59)24-39(60)61/h5-14,18,32-33,48H,2-4,15-17,19-26H2,1H3,(H,46,53)(H,54,55)(H,56,57)(H,58,59)(H,60,61)(H,62,63)(H,64,65)(H2,45,47,66). The van der Waals surface area contributed by atoms with Gasteiger partial charge in [0.15, 0.2) is 0 Å². The molecule has 2 aromatic carbocycles. The number of nitrogens with one attached hydrogen (secondary N) is 4. The number of unbranched alkanes of at least 4 members (excludes halogenated alkanes) is 1. The molecular weight excluding hydrogens is 922 g/mol. The van der Waals surface area contributed by atoms with Gasteiger partial charge in [-0.05, 0) is 79.3 Å². The normalized spacial score (nSPS) is 12.0. The van der Waals surface area contributed by atoms with Gasteiger partial charge in [-0.3, -0.25) is 58.0 Å². The molecule has 0 spiro atoms. The van der Waals surface area contributed by atoms with E-state index in [4.69, 9.17) is 11.6 Å². The number of pyridine rings is 1. The first kappa shape index (κ1) is 54.6. The lowest BCUT2D eigenvalue weighted by molar-refractivity contribution is -0.144. The molecule has 0 aliphatic rings. The Morgan fingerprint density at radius 3 is 1.84 bits per heavy atom. The molecule has 0 radical (unpaired) electrons. The number of aryl methyl sites for hydroxylation is 1. The number of hydrogen-bond donors (Lipinski definition) is 10. The van der Waals surface area contributed by atoms with Crippen molar-refractivity contribution < 1.29 is 69.0 Å². The van der Waals surface area contributed by atoms with Gasteiger partial charge in [-0.15, -0.1) is 0 Å². The molecule has 0 bridgehead atoms. The van der Waals surface area contributed by atoms with E-state index in [0.29, 0.717) is 47.0 Å². The van der Waals surface area contributed by atoms with E-state index in [1.165, 1.54) is 21.9 Å². The number of nitrogens with zero attached hydrogens (tertiary/aromatic N) is 5. The monoisotopic (exact) mass is 975 g/mol. The van der Waals surface area contributed by atoms with Crippen LogP contribution in [0, 0.1) is 6.92 Å². The van der Waals surface area contributed by atoms with Crippen LogP contribution in [0.25, 0.3) is 0 Å². The summed E-state index contributed by atoms with van der Waals surface area (Å²) in [4.78, 5) is 103. The first-order chi connectivity index (χ1) is 31.8. The van der Waals surface area contributed by atoms with Gasteiger partial charge < -0.3 is 40.7 Å². The minimum absolute atomic E-state index is 0.0456. The van der Waals surface area contributed by atoms with Crippen LogP contribution < -0.4 is 25.2 Å². The second-order valence-corrected chi connectivity index (χ2v) is 16.4. The number of carbonyl (C=O) groups is 8. The lowest BCUT2D eigenvalue weighted by atomic mass is 10.0. The Kier molecular flexibility index (Phi) is 23.1. The van der Waals surface area contributed by atoms with Crippen molar-refractivity contribution in [3.05, 3.63) is 88.6 Å². The Morgan fingerprint density at radius 2 is 1.27 bits per heavy atom. The lowest BCUT2D eigenvalue weighted by Gasteiger charge is -2.34. The molecule has 3 aromatic rings. The van der Waals surface area contributed by atoms with Gasteiger partial charge in [-0.25, -0.2) is 15.2 Å². The number of carbonyl (C=O) groups excluding carboxylic acids is 2. The average molecular weight is 976 g/mol. The van der Waals surface area contributed by atoms with Crippen molar-refractivity contribution >= 4 is 83.0 Å². The van der Waals surface area contributed by atoms with Crippen LogP contribution in [0.15, 0.2) is 66.9 Å². The van der Waals surface area contributed by atoms with Gasteiger partial charge in [0, 0.05) is 55.5 Å². The van der Waals surface area contributed by atoms with Crippen LogP contribution in [0.2, 0.25) is 5.02 Å². The number of anilines is 2. The third-order valence-electron chi connectivity index (χ3n) is 9.61. The van der Waals surface area contributed by atoms with Crippen molar-refractivity contribution in [3.63, 3.8) is 0 Å². The number of carboxylic acid groups (broad SMARTS) is 6. The number of halogens is 1. The van der Waals surface area contributed by atoms with E-state index in [2.05, 4.69) is 25.9 Å². The molecule has 0 aliphatic heterocycles. The summed E-state index contributed by atoms with van der Waals surface area (Å²) in [6, 6.07) is 14.4. The van der Waals surface area contributed by atoms with E-state index in [9.17, 15) is 69.0 Å². The maximum atomic E-state index is 12.6. The number of carboxylic acids is 6. The number of hydrazine groups is 1. The number of hydrogen-bond acceptors (Lipinski definition) is 15. The second kappa shape index (κ2) is 28.3. The maximum absolute atomic E-state index is 12.6. The number of aromatic nitrogens is 1. The summed E-state index contributed by atoms with van der Waals surface area (Å²) in [6.07, 6.45) is 2.29. The molecule has 0 fully saturated rings. The van der Waals surface area contributed by atoms with Crippen LogP contribution in [-0.2, 0) is 40.0 Å². The van der Waals surface area contributed by atoms with Gasteiger partial charge in [0.1, 0.15) is 5.82 Å². The smallest absolute Gasteiger partial charge is 0.333 e. The van der Waals surface area contributed by atoms with Gasteiger partial charge in [-0.2, -0.15) is 0 Å². The first-order valence-corrected chi connectivity index (χ1v) is 21.7. The zero-order valence-electron chi connectivity index (χ0n) is 36.4. The summed E-state index contributed by atoms with van der Waals surface area (Å²) in [6.45, 7) is -1.36. The second-order valence-electron chi connectivity index (χ2n) is 15.2. The van der Waals surface area contributed by atoms with E-state index in [0.717, 1.165) is 10.5 Å². The Hall–Kier alpha value is -6.73. The zero-order chi connectivity index (χ0) is 49.5. The number of benzene rings is 2. The van der Waals surface area contributed by atoms with Crippen molar-refractivity contribution in [3.8, 4) is 0 Å². The molecule has 0 saturated heterocycles. The summed E-state index contributed by atoms with van der Waals surface area (Å²) < 4.78 is 5.12. The van der Waals surface area contributed by atoms with Gasteiger partial charge in [0.05, 0.1) is 57.3 Å². The summed E-state index contributed by atoms with van der Waals surface area (Å²) in [5.41, 5.74) is 7.29. The van der Waals surface area contributed by atoms with Gasteiger partial charge >= 0.3 is 41.8 Å². The Labute approximate surface area is 394 Å². The molecule has 3 amide bonds. The van der Waals surface area contributed by atoms with Crippen LogP contribution in [0.5, 0.6) is 0 Å². The minimum Gasteiger partial charge on any atom is -0.481 e. The van der Waals surface area contributed by atoms with E-state index >= 15 is 0 Å². The van der Waals surface area contributed by atoms with Crippen molar-refractivity contribution in [2.24, 2.45) is 0 Å². The molecule has 2 unspecified atom stereocenters. The van der Waals surface area contributed by atoms with Crippen molar-refractivity contribution in [1.82, 2.24) is 35.9 Å². The van der Waals surface area contributed by atoms with E-state index in [-0.39, 0.29) is 32.5 Å². The number of rotatable bonds is 31. The first-order valence-electron chi connectivity index (χ1n) is 20.6. The highest BCUT2D eigenvalue weighted by Crippen LogP contribution is 2.25. The SMILES string of the molecule is Cc1ccnc(N(CCCCC(=O)NNC(=O)NC(CC(=O)O)c2ccc(Cl)cc2)SNc2ccc(CC(CN(CCN(CC(=O)O)CC(=O)O)CC(=O)O)N(CC(=O)O)CC(=O)O)cc2)c1. The fourth-order valence-corrected chi connectivity index (χ4v) is 7.46. The van der Waals surface area contributed by atoms with Gasteiger partial charge in [0.25, 0.3) is 0 Å².